The van der Waals surface area contributed by atoms with Crippen LogP contribution in [0.5, 0.6) is 0 Å². The molecule has 2 N–H and O–H groups in total. The van der Waals surface area contributed by atoms with Crippen molar-refractivity contribution in [2.24, 2.45) is 0 Å². The summed E-state index contributed by atoms with van der Waals surface area (Å²) in [5, 5.41) is 6.20. The lowest BCUT2D eigenvalue weighted by molar-refractivity contribution is 0.151. The van der Waals surface area contributed by atoms with Gasteiger partial charge in [-0.1, -0.05) is 24.3 Å². The number of nitrogens with one attached hydrogen (secondary N) is 2. The third kappa shape index (κ3) is 1.58. The average molecular weight is 216 g/mol. The van der Waals surface area contributed by atoms with E-state index in [-0.39, 0.29) is 12.5 Å². The van der Waals surface area contributed by atoms with Crippen LogP contribution in [-0.4, -0.2) is 0 Å². The molecular formula is C12H12N2O2. The normalized spacial score (nSPS) is 25.8. The molecule has 2 unspecified atom stereocenters. The number of hydrogen-bond acceptors (Lipinski definition) is 4. The number of ether oxygens (including phenoxy) is 2. The van der Waals surface area contributed by atoms with Gasteiger partial charge in [-0.15, -0.1) is 0 Å². The monoisotopic (exact) mass is 216 g/mol. The van der Waals surface area contributed by atoms with Gasteiger partial charge in [-0.05, 0) is 0 Å². The van der Waals surface area contributed by atoms with Crippen LogP contribution in [0.2, 0.25) is 0 Å². The molecule has 0 aromatic heterocycles. The van der Waals surface area contributed by atoms with E-state index in [1.54, 1.807) is 24.9 Å². The van der Waals surface area contributed by atoms with Gasteiger partial charge in [0.05, 0.1) is 0 Å². The Morgan fingerprint density at radius 2 is 1.19 bits per heavy atom. The van der Waals surface area contributed by atoms with Gasteiger partial charge < -0.3 is 20.1 Å². The maximum Gasteiger partial charge on any atom is 0.195 e. The van der Waals surface area contributed by atoms with E-state index in [1.807, 2.05) is 24.3 Å². The standard InChI is InChI=1S/C12H12N2O2/c1-2-10(12-14-6-8-16-12)4-3-9(1)11-13-5-7-15-11/h1-8,11-14H. The number of hydrogen-bond donors (Lipinski definition) is 2. The zero-order chi connectivity index (χ0) is 10.8. The fraction of sp³-hybridized carbons (Fsp3) is 0.167. The molecule has 3 rings (SSSR count). The van der Waals surface area contributed by atoms with Crippen molar-refractivity contribution in [2.75, 3.05) is 0 Å². The van der Waals surface area contributed by atoms with Crippen LogP contribution in [0.3, 0.4) is 0 Å². The Labute approximate surface area is 93.6 Å². The van der Waals surface area contributed by atoms with Crippen LogP contribution in [0.25, 0.3) is 0 Å². The van der Waals surface area contributed by atoms with Crippen molar-refractivity contribution < 1.29 is 9.47 Å². The lowest BCUT2D eigenvalue weighted by Crippen LogP contribution is -2.13. The molecule has 0 spiro atoms. The van der Waals surface area contributed by atoms with E-state index in [2.05, 4.69) is 10.6 Å². The summed E-state index contributed by atoms with van der Waals surface area (Å²) >= 11 is 0. The number of rotatable bonds is 2. The topological polar surface area (TPSA) is 42.5 Å². The molecule has 2 heterocycles. The second kappa shape index (κ2) is 3.81. The van der Waals surface area contributed by atoms with E-state index in [4.69, 9.17) is 9.47 Å². The van der Waals surface area contributed by atoms with Gasteiger partial charge in [-0.3, -0.25) is 0 Å². The minimum absolute atomic E-state index is 0.0652. The van der Waals surface area contributed by atoms with Gasteiger partial charge in [0.2, 0.25) is 0 Å². The van der Waals surface area contributed by atoms with Crippen LogP contribution in [0.4, 0.5) is 0 Å². The Balaban J connectivity index is 1.74. The fourth-order valence-corrected chi connectivity index (χ4v) is 1.76. The first-order valence-electron chi connectivity index (χ1n) is 5.16. The molecule has 0 amide bonds. The molecule has 0 fully saturated rings. The summed E-state index contributed by atoms with van der Waals surface area (Å²) in [6, 6.07) is 8.12. The highest BCUT2D eigenvalue weighted by Crippen LogP contribution is 2.23. The smallest absolute Gasteiger partial charge is 0.195 e. The first kappa shape index (κ1) is 9.15. The molecule has 0 saturated heterocycles. The van der Waals surface area contributed by atoms with Crippen LogP contribution in [0.1, 0.15) is 23.6 Å². The summed E-state index contributed by atoms with van der Waals surface area (Å²) < 4.78 is 10.7. The maximum absolute atomic E-state index is 5.35. The zero-order valence-corrected chi connectivity index (χ0v) is 8.59. The van der Waals surface area contributed by atoms with Gasteiger partial charge in [0.15, 0.2) is 12.5 Å². The molecule has 1 aromatic rings. The highest BCUT2D eigenvalue weighted by molar-refractivity contribution is 5.27. The predicted octanol–water partition coefficient (Wildman–Crippen LogP) is 1.87. The van der Waals surface area contributed by atoms with Crippen LogP contribution < -0.4 is 10.6 Å². The summed E-state index contributed by atoms with van der Waals surface area (Å²) in [6.45, 7) is 0. The summed E-state index contributed by atoms with van der Waals surface area (Å²) in [5.74, 6) is 0. The third-order valence-corrected chi connectivity index (χ3v) is 2.60. The highest BCUT2D eigenvalue weighted by atomic mass is 16.5. The molecular weight excluding hydrogens is 204 g/mol. The fourth-order valence-electron chi connectivity index (χ4n) is 1.76. The lowest BCUT2D eigenvalue weighted by atomic mass is 10.1. The molecule has 82 valence electrons. The van der Waals surface area contributed by atoms with Crippen molar-refractivity contribution in [2.45, 2.75) is 12.5 Å². The molecule has 16 heavy (non-hydrogen) atoms. The summed E-state index contributed by atoms with van der Waals surface area (Å²) in [7, 11) is 0. The molecule has 2 aliphatic rings. The SMILES string of the molecule is C1=COC(c2ccc(C3NC=CO3)cc2)N1. The predicted molar refractivity (Wildman–Crippen MR) is 58.6 cm³/mol. The Morgan fingerprint density at radius 1 is 0.750 bits per heavy atom. The van der Waals surface area contributed by atoms with Crippen LogP contribution >= 0.6 is 0 Å². The van der Waals surface area contributed by atoms with E-state index in [1.165, 1.54) is 0 Å². The van der Waals surface area contributed by atoms with Crippen LogP contribution in [0.15, 0.2) is 49.2 Å². The minimum Gasteiger partial charge on any atom is -0.473 e. The van der Waals surface area contributed by atoms with Gasteiger partial charge in [-0.25, -0.2) is 0 Å². The molecule has 2 aliphatic heterocycles. The Morgan fingerprint density at radius 3 is 1.50 bits per heavy atom. The Bertz CT molecular complexity index is 368. The van der Waals surface area contributed by atoms with Crippen LogP contribution in [-0.2, 0) is 9.47 Å². The van der Waals surface area contributed by atoms with Crippen LogP contribution in [0, 0.1) is 0 Å². The minimum atomic E-state index is -0.0652. The first-order valence-corrected chi connectivity index (χ1v) is 5.16. The maximum atomic E-state index is 5.35. The van der Waals surface area contributed by atoms with Gasteiger partial charge >= 0.3 is 0 Å². The van der Waals surface area contributed by atoms with Crippen molar-refractivity contribution in [3.8, 4) is 0 Å². The summed E-state index contributed by atoms with van der Waals surface area (Å²) in [5.41, 5.74) is 2.19. The largest absolute Gasteiger partial charge is 0.473 e. The Kier molecular flexibility index (Phi) is 2.18. The van der Waals surface area contributed by atoms with Gasteiger partial charge in [-0.2, -0.15) is 0 Å². The second-order valence-corrected chi connectivity index (χ2v) is 3.64. The Hall–Kier alpha value is -2.10. The molecule has 0 aliphatic carbocycles. The first-order chi connectivity index (χ1) is 7.93. The molecule has 4 nitrogen and oxygen atoms in total. The molecule has 0 saturated carbocycles. The van der Waals surface area contributed by atoms with E-state index in [0.717, 1.165) is 11.1 Å². The van der Waals surface area contributed by atoms with Crippen molar-refractivity contribution in [1.82, 2.24) is 10.6 Å². The molecule has 0 radical (unpaired) electrons. The van der Waals surface area contributed by atoms with Gasteiger partial charge in [0.25, 0.3) is 0 Å². The lowest BCUT2D eigenvalue weighted by Gasteiger charge is -2.14. The van der Waals surface area contributed by atoms with Crippen molar-refractivity contribution in [1.29, 1.82) is 0 Å². The zero-order valence-electron chi connectivity index (χ0n) is 8.59. The van der Waals surface area contributed by atoms with E-state index >= 15 is 0 Å². The van der Waals surface area contributed by atoms with E-state index in [0.29, 0.717) is 0 Å². The third-order valence-electron chi connectivity index (χ3n) is 2.60. The molecule has 2 atom stereocenters. The van der Waals surface area contributed by atoms with Crippen molar-refractivity contribution in [3.05, 3.63) is 60.3 Å². The number of benzene rings is 1. The molecule has 1 aromatic carbocycles. The summed E-state index contributed by atoms with van der Waals surface area (Å²) in [6.07, 6.45) is 6.77. The summed E-state index contributed by atoms with van der Waals surface area (Å²) in [4.78, 5) is 0. The van der Waals surface area contributed by atoms with E-state index < -0.39 is 0 Å². The molecule has 4 heteroatoms. The van der Waals surface area contributed by atoms with E-state index in [9.17, 15) is 0 Å². The second-order valence-electron chi connectivity index (χ2n) is 3.64. The van der Waals surface area contributed by atoms with Gasteiger partial charge in [0, 0.05) is 23.5 Å². The average Bonchev–Trinajstić information content (AvgIpc) is 3.03. The quantitative estimate of drug-likeness (QED) is 0.792. The van der Waals surface area contributed by atoms with Gasteiger partial charge in [0.1, 0.15) is 12.5 Å². The highest BCUT2D eigenvalue weighted by Gasteiger charge is 2.16. The van der Waals surface area contributed by atoms with Crippen molar-refractivity contribution >= 4 is 0 Å². The molecule has 0 bridgehead atoms. The van der Waals surface area contributed by atoms with Crippen molar-refractivity contribution in [3.63, 3.8) is 0 Å².